The molecule has 0 saturated carbocycles. The van der Waals surface area contributed by atoms with Crippen molar-refractivity contribution in [1.29, 1.82) is 0 Å². The van der Waals surface area contributed by atoms with Gasteiger partial charge in [0.15, 0.2) is 8.32 Å². The largest absolute Gasteiger partial charge is 0.431 e. The summed E-state index contributed by atoms with van der Waals surface area (Å²) in [4.78, 5) is 10.1. The Kier molecular flexibility index (Phi) is 2.64. The topological polar surface area (TPSA) is 20.2 Å². The van der Waals surface area contributed by atoms with Gasteiger partial charge in [-0.3, -0.25) is 0 Å². The Hall–Kier alpha value is -0.603. The van der Waals surface area contributed by atoms with E-state index in [4.69, 9.17) is 0 Å². The van der Waals surface area contributed by atoms with Gasteiger partial charge in [-0.1, -0.05) is 44.2 Å². The highest BCUT2D eigenvalue weighted by Crippen LogP contribution is 2.31. The Morgan fingerprint density at radius 1 is 1.08 bits per heavy atom. The van der Waals surface area contributed by atoms with Gasteiger partial charge in [0.25, 0.3) is 0 Å². The molecule has 0 radical (unpaired) electrons. The van der Waals surface area contributed by atoms with Crippen molar-refractivity contribution < 1.29 is 4.80 Å². The standard InChI is InChI=1S/C11H18OSi/c1-11(2,13(3,4)12)10-8-6-5-7-9-10/h5-9,12H,1-4H3. The van der Waals surface area contributed by atoms with Crippen molar-refractivity contribution in [3.05, 3.63) is 35.9 Å². The van der Waals surface area contributed by atoms with Crippen LogP contribution in [0, 0.1) is 0 Å². The Morgan fingerprint density at radius 2 is 1.54 bits per heavy atom. The molecule has 0 spiro atoms. The quantitative estimate of drug-likeness (QED) is 0.718. The van der Waals surface area contributed by atoms with Gasteiger partial charge in [0.2, 0.25) is 0 Å². The molecule has 0 atom stereocenters. The second-order valence-electron chi connectivity index (χ2n) is 4.55. The number of hydrogen-bond acceptors (Lipinski definition) is 1. The molecule has 0 saturated heterocycles. The maximum absolute atomic E-state index is 10.1. The first-order valence-corrected chi connectivity index (χ1v) is 7.58. The zero-order valence-corrected chi connectivity index (χ0v) is 9.83. The van der Waals surface area contributed by atoms with E-state index >= 15 is 0 Å². The van der Waals surface area contributed by atoms with Gasteiger partial charge in [-0.2, -0.15) is 0 Å². The smallest absolute Gasteiger partial charge is 0.192 e. The van der Waals surface area contributed by atoms with Crippen molar-refractivity contribution in [3.63, 3.8) is 0 Å². The number of hydrogen-bond donors (Lipinski definition) is 1. The van der Waals surface area contributed by atoms with E-state index < -0.39 is 8.32 Å². The first kappa shape index (κ1) is 10.5. The SMILES string of the molecule is CC(C)(c1ccccc1)[Si](C)(C)O. The average Bonchev–Trinajstić information content (AvgIpc) is 2.04. The molecule has 0 heterocycles. The lowest BCUT2D eigenvalue weighted by molar-refractivity contribution is 0.485. The summed E-state index contributed by atoms with van der Waals surface area (Å²) in [7, 11) is -2.13. The van der Waals surface area contributed by atoms with Crippen molar-refractivity contribution >= 4 is 8.32 Å². The lowest BCUT2D eigenvalue weighted by Gasteiger charge is -2.35. The van der Waals surface area contributed by atoms with Crippen molar-refractivity contribution in [2.75, 3.05) is 0 Å². The summed E-state index contributed by atoms with van der Waals surface area (Å²) in [5.41, 5.74) is 1.23. The molecule has 1 aromatic rings. The molecule has 1 rings (SSSR count). The molecule has 1 aromatic carbocycles. The van der Waals surface area contributed by atoms with Crippen LogP contribution in [0.5, 0.6) is 0 Å². The van der Waals surface area contributed by atoms with Crippen molar-refractivity contribution in [2.24, 2.45) is 0 Å². The van der Waals surface area contributed by atoms with Gasteiger partial charge in [0.1, 0.15) is 0 Å². The molecule has 0 aromatic heterocycles. The summed E-state index contributed by atoms with van der Waals surface area (Å²) in [6.45, 7) is 8.21. The molecule has 0 aliphatic heterocycles. The summed E-state index contributed by atoms with van der Waals surface area (Å²) >= 11 is 0. The third kappa shape index (κ3) is 2.01. The monoisotopic (exact) mass is 194 g/mol. The number of benzene rings is 1. The molecule has 0 amide bonds. The summed E-state index contributed by atoms with van der Waals surface area (Å²) < 4.78 is 0. The minimum Gasteiger partial charge on any atom is -0.431 e. The van der Waals surface area contributed by atoms with Crippen LogP contribution in [0.15, 0.2) is 30.3 Å². The average molecular weight is 194 g/mol. The van der Waals surface area contributed by atoms with Gasteiger partial charge in [0, 0.05) is 5.04 Å². The first-order chi connectivity index (χ1) is 5.86. The molecule has 0 unspecified atom stereocenters. The third-order valence-corrected chi connectivity index (χ3v) is 6.37. The predicted molar refractivity (Wildman–Crippen MR) is 59.2 cm³/mol. The Bertz CT molecular complexity index is 272. The van der Waals surface area contributed by atoms with Crippen LogP contribution in [0.3, 0.4) is 0 Å². The zero-order valence-electron chi connectivity index (χ0n) is 8.83. The fourth-order valence-electron chi connectivity index (χ4n) is 1.21. The van der Waals surface area contributed by atoms with E-state index in [9.17, 15) is 4.80 Å². The highest BCUT2D eigenvalue weighted by atomic mass is 28.4. The van der Waals surface area contributed by atoms with Gasteiger partial charge < -0.3 is 4.80 Å². The van der Waals surface area contributed by atoms with Crippen LogP contribution in [0.4, 0.5) is 0 Å². The minimum atomic E-state index is -2.13. The summed E-state index contributed by atoms with van der Waals surface area (Å²) in [6.07, 6.45) is 0. The Morgan fingerprint density at radius 3 is 1.92 bits per heavy atom. The van der Waals surface area contributed by atoms with Gasteiger partial charge in [-0.25, -0.2) is 0 Å². The molecule has 0 bridgehead atoms. The van der Waals surface area contributed by atoms with Gasteiger partial charge in [0.05, 0.1) is 0 Å². The summed E-state index contributed by atoms with van der Waals surface area (Å²) in [5.74, 6) is 0. The van der Waals surface area contributed by atoms with E-state index in [0.29, 0.717) is 0 Å². The van der Waals surface area contributed by atoms with Crippen LogP contribution in [0.25, 0.3) is 0 Å². The molecule has 0 fully saturated rings. The van der Waals surface area contributed by atoms with Gasteiger partial charge in [-0.05, 0) is 18.7 Å². The summed E-state index contributed by atoms with van der Waals surface area (Å²) in [6, 6.07) is 10.2. The second-order valence-corrected chi connectivity index (χ2v) is 8.92. The van der Waals surface area contributed by atoms with Gasteiger partial charge in [-0.15, -0.1) is 0 Å². The first-order valence-electron chi connectivity index (χ1n) is 4.63. The van der Waals surface area contributed by atoms with Crippen LogP contribution >= 0.6 is 0 Å². The number of rotatable bonds is 2. The fraction of sp³-hybridized carbons (Fsp3) is 0.455. The van der Waals surface area contributed by atoms with E-state index in [1.54, 1.807) is 0 Å². The maximum Gasteiger partial charge on any atom is 0.192 e. The van der Waals surface area contributed by atoms with Crippen molar-refractivity contribution in [1.82, 2.24) is 0 Å². The lowest BCUT2D eigenvalue weighted by Crippen LogP contribution is -2.47. The maximum atomic E-state index is 10.1. The Labute approximate surface area is 81.6 Å². The molecule has 0 aliphatic carbocycles. The van der Waals surface area contributed by atoms with E-state index in [1.165, 1.54) is 5.56 Å². The second kappa shape index (κ2) is 3.27. The molecule has 1 nitrogen and oxygen atoms in total. The summed E-state index contributed by atoms with van der Waals surface area (Å²) in [5, 5.41) is -0.0751. The van der Waals surface area contributed by atoms with E-state index in [0.717, 1.165) is 0 Å². The molecule has 0 aliphatic rings. The van der Waals surface area contributed by atoms with E-state index in [1.807, 2.05) is 31.3 Å². The highest BCUT2D eigenvalue weighted by molar-refractivity contribution is 6.72. The zero-order chi connectivity index (χ0) is 10.1. The fourth-order valence-corrected chi connectivity index (χ4v) is 2.08. The van der Waals surface area contributed by atoms with Crippen LogP contribution in [-0.2, 0) is 5.04 Å². The Balaban J connectivity index is 3.08. The molecule has 72 valence electrons. The predicted octanol–water partition coefficient (Wildman–Crippen LogP) is 2.70. The van der Waals surface area contributed by atoms with E-state index in [2.05, 4.69) is 26.0 Å². The minimum absolute atomic E-state index is 0.0751. The van der Waals surface area contributed by atoms with Crippen molar-refractivity contribution in [2.45, 2.75) is 32.0 Å². The third-order valence-electron chi connectivity index (χ3n) is 3.02. The van der Waals surface area contributed by atoms with Crippen LogP contribution in [-0.4, -0.2) is 13.1 Å². The molecule has 1 N–H and O–H groups in total. The molecular formula is C11H18OSi. The van der Waals surface area contributed by atoms with Gasteiger partial charge >= 0.3 is 0 Å². The molecule has 13 heavy (non-hydrogen) atoms. The lowest BCUT2D eigenvalue weighted by atomic mass is 10.0. The molecular weight excluding hydrogens is 176 g/mol. The van der Waals surface area contributed by atoms with Crippen molar-refractivity contribution in [3.8, 4) is 0 Å². The normalized spacial score (nSPS) is 13.0. The van der Waals surface area contributed by atoms with Crippen LogP contribution < -0.4 is 0 Å². The highest BCUT2D eigenvalue weighted by Gasteiger charge is 2.39. The van der Waals surface area contributed by atoms with Crippen LogP contribution in [0.1, 0.15) is 19.4 Å². The van der Waals surface area contributed by atoms with Crippen LogP contribution in [0.2, 0.25) is 13.1 Å². The van der Waals surface area contributed by atoms with E-state index in [-0.39, 0.29) is 5.04 Å². The molecule has 2 heteroatoms.